The van der Waals surface area contributed by atoms with Gasteiger partial charge in [0, 0.05) is 11.3 Å². The molecule has 0 bridgehead atoms. The van der Waals surface area contributed by atoms with Crippen molar-refractivity contribution in [1.29, 1.82) is 0 Å². The molecule has 6 nitrogen and oxygen atoms in total. The second-order valence-corrected chi connectivity index (χ2v) is 5.60. The zero-order valence-electron chi connectivity index (χ0n) is 15.0. The number of nitrogens with two attached hydrogens (primary N) is 1. The van der Waals surface area contributed by atoms with E-state index in [9.17, 15) is 9.59 Å². The number of amides is 2. The molecule has 2 aromatic rings. The third-order valence-electron chi connectivity index (χ3n) is 3.66. The summed E-state index contributed by atoms with van der Waals surface area (Å²) in [7, 11) is 1.55. The van der Waals surface area contributed by atoms with Crippen molar-refractivity contribution in [2.45, 2.75) is 20.0 Å². The predicted octanol–water partition coefficient (Wildman–Crippen LogP) is 3.23. The molecule has 0 aliphatic carbocycles. The lowest BCUT2D eigenvalue weighted by Gasteiger charge is -2.17. The summed E-state index contributed by atoms with van der Waals surface area (Å²) in [4.78, 5) is 23.4. The number of allylic oxidation sites excluding steroid dienone is 1. The van der Waals surface area contributed by atoms with Crippen molar-refractivity contribution in [3.63, 3.8) is 0 Å². The van der Waals surface area contributed by atoms with E-state index in [1.165, 1.54) is 0 Å². The fourth-order valence-corrected chi connectivity index (χ4v) is 2.28. The number of nitrogens with one attached hydrogen (secondary N) is 1. The zero-order valence-corrected chi connectivity index (χ0v) is 15.0. The molecule has 1 atom stereocenters. The van der Waals surface area contributed by atoms with Crippen molar-refractivity contribution in [1.82, 2.24) is 0 Å². The molecule has 2 amide bonds. The number of ether oxygens (including phenoxy) is 2. The van der Waals surface area contributed by atoms with Crippen LogP contribution in [0.1, 0.15) is 29.8 Å². The van der Waals surface area contributed by atoms with Crippen molar-refractivity contribution in [2.24, 2.45) is 5.73 Å². The van der Waals surface area contributed by atoms with Gasteiger partial charge in [-0.1, -0.05) is 18.2 Å². The number of methoxy groups -OCH3 is 1. The number of rotatable bonds is 7. The maximum atomic E-state index is 12.3. The van der Waals surface area contributed by atoms with E-state index >= 15 is 0 Å². The topological polar surface area (TPSA) is 90.6 Å². The van der Waals surface area contributed by atoms with E-state index in [4.69, 9.17) is 15.2 Å². The van der Waals surface area contributed by atoms with Crippen LogP contribution in [0.25, 0.3) is 6.08 Å². The van der Waals surface area contributed by atoms with Crippen molar-refractivity contribution >= 4 is 23.6 Å². The molecule has 0 saturated heterocycles. The van der Waals surface area contributed by atoms with E-state index in [-0.39, 0.29) is 5.91 Å². The van der Waals surface area contributed by atoms with Gasteiger partial charge < -0.3 is 20.5 Å². The van der Waals surface area contributed by atoms with Crippen LogP contribution in [0.2, 0.25) is 0 Å². The standard InChI is InChI=1S/C20H22N2O4/c1-4-5-14-6-11-17(18(12-14)25-3)26-13(2)20(24)22-16-9-7-15(8-10-16)19(21)23/h4-13H,1-3H3,(H2,21,23)(H,22,24)/b5-4+. The Kier molecular flexibility index (Phi) is 6.38. The maximum absolute atomic E-state index is 12.3. The van der Waals surface area contributed by atoms with Gasteiger partial charge in [-0.05, 0) is 55.8 Å². The number of benzene rings is 2. The molecule has 0 radical (unpaired) electrons. The smallest absolute Gasteiger partial charge is 0.265 e. The lowest BCUT2D eigenvalue weighted by atomic mass is 10.2. The van der Waals surface area contributed by atoms with E-state index in [1.54, 1.807) is 44.4 Å². The van der Waals surface area contributed by atoms with Gasteiger partial charge in [-0.2, -0.15) is 0 Å². The molecule has 6 heteroatoms. The zero-order chi connectivity index (χ0) is 19.1. The van der Waals surface area contributed by atoms with E-state index in [0.29, 0.717) is 22.7 Å². The van der Waals surface area contributed by atoms with Gasteiger partial charge in [0.15, 0.2) is 17.6 Å². The lowest BCUT2D eigenvalue weighted by molar-refractivity contribution is -0.122. The Labute approximate surface area is 152 Å². The molecule has 2 rings (SSSR count). The number of carbonyl (C=O) groups is 2. The maximum Gasteiger partial charge on any atom is 0.265 e. The van der Waals surface area contributed by atoms with Crippen molar-refractivity contribution in [2.75, 3.05) is 12.4 Å². The van der Waals surface area contributed by atoms with Crippen LogP contribution in [0.5, 0.6) is 11.5 Å². The monoisotopic (exact) mass is 354 g/mol. The molecule has 0 aliphatic rings. The van der Waals surface area contributed by atoms with Gasteiger partial charge in [0.25, 0.3) is 5.91 Å². The number of hydrogen-bond acceptors (Lipinski definition) is 4. The van der Waals surface area contributed by atoms with Gasteiger partial charge in [0.2, 0.25) is 5.91 Å². The molecule has 0 spiro atoms. The summed E-state index contributed by atoms with van der Waals surface area (Å²) in [6, 6.07) is 11.8. The minimum absolute atomic E-state index is 0.323. The highest BCUT2D eigenvalue weighted by molar-refractivity contribution is 5.96. The molecule has 0 heterocycles. The molecule has 1 unspecified atom stereocenters. The van der Waals surface area contributed by atoms with Crippen LogP contribution in [-0.2, 0) is 4.79 Å². The van der Waals surface area contributed by atoms with Gasteiger partial charge in [0.1, 0.15) is 0 Å². The molecular weight excluding hydrogens is 332 g/mol. The molecule has 3 N–H and O–H groups in total. The van der Waals surface area contributed by atoms with Crippen molar-refractivity contribution in [3.05, 3.63) is 59.7 Å². The van der Waals surface area contributed by atoms with Crippen LogP contribution >= 0.6 is 0 Å². The first-order chi connectivity index (χ1) is 12.4. The third-order valence-corrected chi connectivity index (χ3v) is 3.66. The summed E-state index contributed by atoms with van der Waals surface area (Å²) in [5.41, 5.74) is 7.09. The number of carbonyl (C=O) groups excluding carboxylic acids is 2. The van der Waals surface area contributed by atoms with Gasteiger partial charge in [-0.25, -0.2) is 0 Å². The minimum Gasteiger partial charge on any atom is -0.493 e. The Balaban J connectivity index is 2.05. The van der Waals surface area contributed by atoms with Crippen LogP contribution in [0.4, 0.5) is 5.69 Å². The molecule has 0 aromatic heterocycles. The average molecular weight is 354 g/mol. The largest absolute Gasteiger partial charge is 0.493 e. The predicted molar refractivity (Wildman–Crippen MR) is 101 cm³/mol. The quantitative estimate of drug-likeness (QED) is 0.799. The number of anilines is 1. The lowest BCUT2D eigenvalue weighted by Crippen LogP contribution is -2.30. The molecular formula is C20H22N2O4. The normalized spacial score (nSPS) is 11.8. The SMILES string of the molecule is C/C=C/c1ccc(OC(C)C(=O)Nc2ccc(C(N)=O)cc2)c(OC)c1. The molecule has 0 aliphatic heterocycles. The third kappa shape index (κ3) is 4.86. The number of primary amides is 1. The van der Waals surface area contributed by atoms with Crippen LogP contribution in [0.3, 0.4) is 0 Å². The van der Waals surface area contributed by atoms with E-state index in [2.05, 4.69) is 5.32 Å². The first-order valence-corrected chi connectivity index (χ1v) is 8.12. The molecule has 2 aromatic carbocycles. The van der Waals surface area contributed by atoms with Crippen LogP contribution in [-0.4, -0.2) is 25.0 Å². The van der Waals surface area contributed by atoms with Crippen molar-refractivity contribution in [3.8, 4) is 11.5 Å². The summed E-state index contributed by atoms with van der Waals surface area (Å²) >= 11 is 0. The first kappa shape index (κ1) is 19.1. The second-order valence-electron chi connectivity index (χ2n) is 5.60. The van der Waals surface area contributed by atoms with E-state index in [1.807, 2.05) is 31.2 Å². The first-order valence-electron chi connectivity index (χ1n) is 8.12. The van der Waals surface area contributed by atoms with Crippen LogP contribution in [0, 0.1) is 0 Å². The second kappa shape index (κ2) is 8.71. The van der Waals surface area contributed by atoms with Gasteiger partial charge in [-0.3, -0.25) is 9.59 Å². The Morgan fingerprint density at radius 1 is 1.12 bits per heavy atom. The highest BCUT2D eigenvalue weighted by Gasteiger charge is 2.17. The Morgan fingerprint density at radius 3 is 2.38 bits per heavy atom. The summed E-state index contributed by atoms with van der Waals surface area (Å²) < 4.78 is 11.1. The minimum atomic E-state index is -0.743. The average Bonchev–Trinajstić information content (AvgIpc) is 2.63. The molecule has 26 heavy (non-hydrogen) atoms. The summed E-state index contributed by atoms with van der Waals surface area (Å²) in [5.74, 6) is 0.183. The highest BCUT2D eigenvalue weighted by atomic mass is 16.5. The fourth-order valence-electron chi connectivity index (χ4n) is 2.28. The van der Waals surface area contributed by atoms with Gasteiger partial charge in [0.05, 0.1) is 7.11 Å². The summed E-state index contributed by atoms with van der Waals surface area (Å²) in [5, 5.41) is 2.73. The Hall–Kier alpha value is -3.28. The fraction of sp³-hybridized carbons (Fsp3) is 0.200. The molecule has 0 saturated carbocycles. The van der Waals surface area contributed by atoms with Gasteiger partial charge >= 0.3 is 0 Å². The number of hydrogen-bond donors (Lipinski definition) is 2. The Morgan fingerprint density at radius 2 is 1.81 bits per heavy atom. The summed E-state index contributed by atoms with van der Waals surface area (Å²) in [6.45, 7) is 3.58. The molecule has 136 valence electrons. The van der Waals surface area contributed by atoms with Crippen LogP contribution in [0.15, 0.2) is 48.5 Å². The van der Waals surface area contributed by atoms with Gasteiger partial charge in [-0.15, -0.1) is 0 Å². The van der Waals surface area contributed by atoms with E-state index < -0.39 is 12.0 Å². The molecule has 0 fully saturated rings. The van der Waals surface area contributed by atoms with Crippen molar-refractivity contribution < 1.29 is 19.1 Å². The van der Waals surface area contributed by atoms with Crippen LogP contribution < -0.4 is 20.5 Å². The Bertz CT molecular complexity index is 813. The highest BCUT2D eigenvalue weighted by Crippen LogP contribution is 2.29. The summed E-state index contributed by atoms with van der Waals surface area (Å²) in [6.07, 6.45) is 3.12. The van der Waals surface area contributed by atoms with E-state index in [0.717, 1.165) is 5.56 Å².